The lowest BCUT2D eigenvalue weighted by molar-refractivity contribution is 0.103. The standard InChI is InChI=1S/C23H32N2O2/c1-7-9-12-27-22-19(14-24-25(22)8-2)21(26)18-13-15(3)17-10-11-23(5,6)20(17)16(18)4/h13-14H,7-12H2,1-6H3. The van der Waals surface area contributed by atoms with Crippen LogP contribution in [0.15, 0.2) is 12.3 Å². The molecule has 1 aliphatic carbocycles. The Labute approximate surface area is 162 Å². The van der Waals surface area contributed by atoms with Gasteiger partial charge in [-0.2, -0.15) is 5.10 Å². The van der Waals surface area contributed by atoms with Gasteiger partial charge >= 0.3 is 0 Å². The third-order valence-corrected chi connectivity index (χ3v) is 5.91. The Balaban J connectivity index is 2.05. The normalized spacial score (nSPS) is 15.0. The van der Waals surface area contributed by atoms with Crippen LogP contribution in [0.5, 0.6) is 5.88 Å². The predicted octanol–water partition coefficient (Wildman–Crippen LogP) is 5.15. The van der Waals surface area contributed by atoms with Crippen molar-refractivity contribution in [2.75, 3.05) is 6.61 Å². The van der Waals surface area contributed by atoms with E-state index >= 15 is 0 Å². The largest absolute Gasteiger partial charge is 0.477 e. The minimum absolute atomic E-state index is 0.0206. The van der Waals surface area contributed by atoms with Crippen molar-refractivity contribution in [1.82, 2.24) is 9.78 Å². The molecule has 4 heteroatoms. The number of ether oxygens (including phenoxy) is 1. The molecule has 0 saturated heterocycles. The van der Waals surface area contributed by atoms with E-state index in [0.29, 0.717) is 24.6 Å². The van der Waals surface area contributed by atoms with Gasteiger partial charge in [0, 0.05) is 12.1 Å². The molecule has 0 atom stereocenters. The van der Waals surface area contributed by atoms with Crippen molar-refractivity contribution in [3.63, 3.8) is 0 Å². The average molecular weight is 369 g/mol. The number of hydrogen-bond donors (Lipinski definition) is 0. The number of unbranched alkanes of at least 4 members (excludes halogenated alkanes) is 1. The minimum Gasteiger partial charge on any atom is -0.477 e. The molecule has 0 aliphatic heterocycles. The zero-order valence-corrected chi connectivity index (χ0v) is 17.6. The van der Waals surface area contributed by atoms with E-state index in [1.165, 1.54) is 16.7 Å². The SMILES string of the molecule is CCCCOc1c(C(=O)c2cc(C)c3c(c2C)C(C)(C)CC3)cnn1CC. The van der Waals surface area contributed by atoms with Crippen LogP contribution in [0.25, 0.3) is 0 Å². The summed E-state index contributed by atoms with van der Waals surface area (Å²) in [7, 11) is 0. The highest BCUT2D eigenvalue weighted by Crippen LogP contribution is 2.43. The fourth-order valence-electron chi connectivity index (χ4n) is 4.37. The molecule has 3 rings (SSSR count). The Morgan fingerprint density at radius 1 is 1.26 bits per heavy atom. The zero-order valence-electron chi connectivity index (χ0n) is 17.6. The first-order valence-electron chi connectivity index (χ1n) is 10.2. The number of aryl methyl sites for hydroxylation is 2. The first-order valence-corrected chi connectivity index (χ1v) is 10.2. The monoisotopic (exact) mass is 368 g/mol. The number of nitrogens with zero attached hydrogens (tertiary/aromatic N) is 2. The van der Waals surface area contributed by atoms with Crippen molar-refractivity contribution in [3.8, 4) is 5.88 Å². The number of ketones is 1. The molecule has 146 valence electrons. The molecule has 0 saturated carbocycles. The lowest BCUT2D eigenvalue weighted by atomic mass is 9.80. The molecule has 27 heavy (non-hydrogen) atoms. The van der Waals surface area contributed by atoms with Gasteiger partial charge < -0.3 is 4.74 Å². The maximum atomic E-state index is 13.5. The molecule has 0 fully saturated rings. The summed E-state index contributed by atoms with van der Waals surface area (Å²) in [6.07, 6.45) is 5.93. The summed E-state index contributed by atoms with van der Waals surface area (Å²) >= 11 is 0. The fourth-order valence-corrected chi connectivity index (χ4v) is 4.37. The lowest BCUT2D eigenvalue weighted by Gasteiger charge is -2.23. The number of hydrogen-bond acceptors (Lipinski definition) is 3. The van der Waals surface area contributed by atoms with Crippen LogP contribution in [-0.4, -0.2) is 22.2 Å². The molecule has 0 amide bonds. The number of aromatic nitrogens is 2. The van der Waals surface area contributed by atoms with Crippen molar-refractivity contribution < 1.29 is 9.53 Å². The van der Waals surface area contributed by atoms with Gasteiger partial charge in [-0.1, -0.05) is 27.2 Å². The van der Waals surface area contributed by atoms with Gasteiger partial charge in [-0.25, -0.2) is 4.68 Å². The maximum absolute atomic E-state index is 13.5. The lowest BCUT2D eigenvalue weighted by Crippen LogP contribution is -2.17. The van der Waals surface area contributed by atoms with E-state index in [-0.39, 0.29) is 11.2 Å². The van der Waals surface area contributed by atoms with Crippen LogP contribution >= 0.6 is 0 Å². The number of carbonyl (C=O) groups excluding carboxylic acids is 1. The summed E-state index contributed by atoms with van der Waals surface area (Å²) in [4.78, 5) is 13.5. The maximum Gasteiger partial charge on any atom is 0.223 e. The van der Waals surface area contributed by atoms with E-state index in [0.717, 1.165) is 36.8 Å². The molecule has 0 spiro atoms. The van der Waals surface area contributed by atoms with Crippen LogP contribution in [0.2, 0.25) is 0 Å². The molecule has 4 nitrogen and oxygen atoms in total. The molecule has 1 heterocycles. The number of rotatable bonds is 7. The Kier molecular flexibility index (Phi) is 5.45. The average Bonchev–Trinajstić information content (AvgIpc) is 3.18. The summed E-state index contributed by atoms with van der Waals surface area (Å²) in [6, 6.07) is 2.07. The van der Waals surface area contributed by atoms with Gasteiger partial charge in [0.2, 0.25) is 5.88 Å². The topological polar surface area (TPSA) is 44.1 Å². The van der Waals surface area contributed by atoms with Crippen LogP contribution in [0.3, 0.4) is 0 Å². The van der Waals surface area contributed by atoms with Gasteiger partial charge in [0.1, 0.15) is 5.56 Å². The molecule has 1 aliphatic rings. The predicted molar refractivity (Wildman–Crippen MR) is 109 cm³/mol. The summed E-state index contributed by atoms with van der Waals surface area (Å²) in [5.41, 5.74) is 6.62. The minimum atomic E-state index is 0.0206. The van der Waals surface area contributed by atoms with E-state index in [1.807, 2.05) is 6.92 Å². The molecular weight excluding hydrogens is 336 g/mol. The van der Waals surface area contributed by atoms with Crippen molar-refractivity contribution in [1.29, 1.82) is 0 Å². The van der Waals surface area contributed by atoms with Crippen LogP contribution in [-0.2, 0) is 18.4 Å². The van der Waals surface area contributed by atoms with Crippen molar-refractivity contribution >= 4 is 5.78 Å². The first kappa shape index (κ1) is 19.7. The Hall–Kier alpha value is -2.10. The fraction of sp³-hybridized carbons (Fsp3) is 0.565. The molecule has 0 unspecified atom stereocenters. The number of benzene rings is 1. The van der Waals surface area contributed by atoms with Gasteiger partial charge in [-0.3, -0.25) is 4.79 Å². The number of carbonyl (C=O) groups is 1. The molecule has 1 aromatic carbocycles. The van der Waals surface area contributed by atoms with E-state index < -0.39 is 0 Å². The van der Waals surface area contributed by atoms with Crippen molar-refractivity contribution in [2.24, 2.45) is 0 Å². The van der Waals surface area contributed by atoms with E-state index in [9.17, 15) is 4.79 Å². The van der Waals surface area contributed by atoms with Gasteiger partial charge in [0.15, 0.2) is 5.78 Å². The highest BCUT2D eigenvalue weighted by molar-refractivity contribution is 6.11. The van der Waals surface area contributed by atoms with Crippen LogP contribution in [0, 0.1) is 13.8 Å². The molecule has 0 bridgehead atoms. The summed E-state index contributed by atoms with van der Waals surface area (Å²) in [5.74, 6) is 0.625. The quantitative estimate of drug-likeness (QED) is 0.501. The smallest absolute Gasteiger partial charge is 0.223 e. The van der Waals surface area contributed by atoms with Crippen LogP contribution < -0.4 is 4.74 Å². The third kappa shape index (κ3) is 3.42. The molecule has 2 aromatic rings. The zero-order chi connectivity index (χ0) is 19.8. The summed E-state index contributed by atoms with van der Waals surface area (Å²) < 4.78 is 7.75. The Morgan fingerprint density at radius 2 is 2.00 bits per heavy atom. The highest BCUT2D eigenvalue weighted by atomic mass is 16.5. The van der Waals surface area contributed by atoms with Gasteiger partial charge in [-0.15, -0.1) is 0 Å². The van der Waals surface area contributed by atoms with Gasteiger partial charge in [0.05, 0.1) is 12.8 Å². The highest BCUT2D eigenvalue weighted by Gasteiger charge is 2.34. The van der Waals surface area contributed by atoms with Crippen LogP contribution in [0.4, 0.5) is 0 Å². The molecular formula is C23H32N2O2. The van der Waals surface area contributed by atoms with Crippen molar-refractivity contribution in [2.45, 2.75) is 79.2 Å². The summed E-state index contributed by atoms with van der Waals surface area (Å²) in [6.45, 7) is 14.2. The first-order chi connectivity index (χ1) is 12.8. The third-order valence-electron chi connectivity index (χ3n) is 5.91. The second kappa shape index (κ2) is 7.49. The van der Waals surface area contributed by atoms with Crippen LogP contribution in [0.1, 0.15) is 85.1 Å². The van der Waals surface area contributed by atoms with Gasteiger partial charge in [-0.05, 0) is 73.8 Å². The molecule has 1 aromatic heterocycles. The van der Waals surface area contributed by atoms with Crippen molar-refractivity contribution in [3.05, 3.63) is 45.6 Å². The van der Waals surface area contributed by atoms with E-state index in [1.54, 1.807) is 10.9 Å². The van der Waals surface area contributed by atoms with E-state index in [2.05, 4.69) is 45.8 Å². The Morgan fingerprint density at radius 3 is 2.67 bits per heavy atom. The van der Waals surface area contributed by atoms with Gasteiger partial charge in [0.25, 0.3) is 0 Å². The number of fused-ring (bicyclic) bond motifs is 1. The second-order valence-electron chi connectivity index (χ2n) is 8.31. The van der Waals surface area contributed by atoms with E-state index in [4.69, 9.17) is 4.74 Å². The molecule has 0 N–H and O–H groups in total. The Bertz CT molecular complexity index is 862. The molecule has 0 radical (unpaired) electrons. The summed E-state index contributed by atoms with van der Waals surface area (Å²) in [5, 5.41) is 4.38. The second-order valence-corrected chi connectivity index (χ2v) is 8.31.